The Kier molecular flexibility index (Phi) is 4.55. The van der Waals surface area contributed by atoms with E-state index in [0.717, 1.165) is 12.6 Å². The van der Waals surface area contributed by atoms with Gasteiger partial charge in [-0.15, -0.1) is 0 Å². The lowest BCUT2D eigenvalue weighted by atomic mass is 10.2. The molecular weight excluding hydrogens is 247 g/mol. The molecule has 4 nitrogen and oxygen atoms in total. The Hall–Kier alpha value is -1.76. The van der Waals surface area contributed by atoms with Gasteiger partial charge in [0.05, 0.1) is 0 Å². The average molecular weight is 261 g/mol. The molecule has 1 aromatic carbocycles. The topological polar surface area (TPSA) is 58.4 Å². The van der Waals surface area contributed by atoms with Crippen molar-refractivity contribution in [1.29, 1.82) is 0 Å². The van der Waals surface area contributed by atoms with Gasteiger partial charge in [-0.3, -0.25) is 0 Å². The summed E-state index contributed by atoms with van der Waals surface area (Å²) >= 11 is 0. The highest BCUT2D eigenvalue weighted by Crippen LogP contribution is 2.16. The molecule has 3 N–H and O–H groups in total. The highest BCUT2D eigenvalue weighted by atomic mass is 19.4. The van der Waals surface area contributed by atoms with Gasteiger partial charge in [0.15, 0.2) is 0 Å². The van der Waals surface area contributed by atoms with Crippen molar-refractivity contribution in [3.8, 4) is 0 Å². The monoisotopic (exact) mass is 261 g/mol. The van der Waals surface area contributed by atoms with E-state index in [2.05, 4.69) is 5.32 Å². The van der Waals surface area contributed by atoms with Crippen LogP contribution in [0.2, 0.25) is 0 Å². The summed E-state index contributed by atoms with van der Waals surface area (Å²) in [4.78, 5) is 12.0. The van der Waals surface area contributed by atoms with Gasteiger partial charge in [0.25, 0.3) is 0 Å². The Morgan fingerprint density at radius 1 is 1.44 bits per heavy atom. The normalized spacial score (nSPS) is 11.2. The Balaban J connectivity index is 2.63. The second-order valence-corrected chi connectivity index (χ2v) is 3.81. The first kappa shape index (κ1) is 14.3. The summed E-state index contributed by atoms with van der Waals surface area (Å²) in [6.07, 6.45) is -4.41. The molecule has 0 aromatic heterocycles. The number of nitrogens with two attached hydrogens (primary N) is 1. The second-order valence-electron chi connectivity index (χ2n) is 3.81. The maximum atomic E-state index is 12.1. The minimum atomic E-state index is -4.41. The zero-order valence-corrected chi connectivity index (χ0v) is 9.79. The van der Waals surface area contributed by atoms with E-state index in [1.165, 1.54) is 0 Å². The molecule has 2 amide bonds. The fraction of sp³-hybridized carbons (Fsp3) is 0.364. The third-order valence-electron chi connectivity index (χ3n) is 2.18. The molecular formula is C11H14F3N3O. The molecule has 0 aliphatic rings. The quantitative estimate of drug-likeness (QED) is 0.876. The van der Waals surface area contributed by atoms with E-state index < -0.39 is 18.8 Å². The molecule has 1 aromatic rings. The van der Waals surface area contributed by atoms with Crippen LogP contribution in [0.4, 0.5) is 23.7 Å². The van der Waals surface area contributed by atoms with Gasteiger partial charge in [-0.1, -0.05) is 12.1 Å². The van der Waals surface area contributed by atoms with E-state index in [1.54, 1.807) is 24.3 Å². The molecule has 0 saturated carbocycles. The Morgan fingerprint density at radius 2 is 2.11 bits per heavy atom. The molecule has 0 aliphatic heterocycles. The van der Waals surface area contributed by atoms with Crippen LogP contribution in [0.3, 0.4) is 0 Å². The number of hydrogen-bond acceptors (Lipinski definition) is 2. The van der Waals surface area contributed by atoms with Gasteiger partial charge < -0.3 is 16.0 Å². The van der Waals surface area contributed by atoms with Crippen molar-refractivity contribution in [3.63, 3.8) is 0 Å². The molecule has 100 valence electrons. The van der Waals surface area contributed by atoms with Gasteiger partial charge >= 0.3 is 12.2 Å². The molecule has 0 aliphatic carbocycles. The van der Waals surface area contributed by atoms with Crippen LogP contribution >= 0.6 is 0 Å². The van der Waals surface area contributed by atoms with Crippen LogP contribution in [0.25, 0.3) is 0 Å². The molecule has 0 radical (unpaired) electrons. The zero-order chi connectivity index (χ0) is 13.8. The number of benzene rings is 1. The van der Waals surface area contributed by atoms with Crippen molar-refractivity contribution >= 4 is 11.7 Å². The Bertz CT molecular complexity index is 420. The summed E-state index contributed by atoms with van der Waals surface area (Å²) in [5.41, 5.74) is 6.62. The van der Waals surface area contributed by atoms with Gasteiger partial charge in [0.2, 0.25) is 0 Å². The van der Waals surface area contributed by atoms with Crippen molar-refractivity contribution in [3.05, 3.63) is 29.8 Å². The summed E-state index contributed by atoms with van der Waals surface area (Å²) in [6.45, 7) is -1.00. The number of halogens is 3. The molecule has 0 fully saturated rings. The second kappa shape index (κ2) is 5.72. The summed E-state index contributed by atoms with van der Waals surface area (Å²) in [7, 11) is 1.08. The third-order valence-corrected chi connectivity index (χ3v) is 2.18. The van der Waals surface area contributed by atoms with Crippen molar-refractivity contribution in [2.75, 3.05) is 18.9 Å². The first-order chi connectivity index (χ1) is 8.31. The van der Waals surface area contributed by atoms with E-state index in [4.69, 9.17) is 5.73 Å². The van der Waals surface area contributed by atoms with E-state index in [1.807, 2.05) is 0 Å². The maximum Gasteiger partial charge on any atom is 0.406 e. The van der Waals surface area contributed by atoms with Crippen molar-refractivity contribution in [2.24, 2.45) is 5.73 Å². The van der Waals surface area contributed by atoms with Crippen LogP contribution in [0.15, 0.2) is 24.3 Å². The van der Waals surface area contributed by atoms with Crippen LogP contribution in [-0.2, 0) is 6.54 Å². The number of carbonyl (C=O) groups is 1. The predicted molar refractivity (Wildman–Crippen MR) is 62.0 cm³/mol. The zero-order valence-electron chi connectivity index (χ0n) is 9.79. The number of rotatable bonds is 3. The first-order valence-corrected chi connectivity index (χ1v) is 5.19. The third kappa shape index (κ3) is 4.62. The van der Waals surface area contributed by atoms with E-state index in [9.17, 15) is 18.0 Å². The molecule has 7 heteroatoms. The van der Waals surface area contributed by atoms with Crippen LogP contribution in [0, 0.1) is 0 Å². The number of nitrogens with zero attached hydrogens (tertiary/aromatic N) is 1. The minimum absolute atomic E-state index is 0.294. The standard InChI is InChI=1S/C11H14F3N3O/c1-17(7-11(12,13)14)10(18)16-9-4-2-3-8(5-9)6-15/h2-5H,6-7,15H2,1H3,(H,16,18). The van der Waals surface area contributed by atoms with Crippen LogP contribution in [0.1, 0.15) is 5.56 Å². The summed E-state index contributed by atoms with van der Waals surface area (Å²) in [6, 6.07) is 5.80. The average Bonchev–Trinajstić information content (AvgIpc) is 2.27. The number of amides is 2. The lowest BCUT2D eigenvalue weighted by Crippen LogP contribution is -2.38. The van der Waals surface area contributed by atoms with Gasteiger partial charge in [0, 0.05) is 19.3 Å². The smallest absolute Gasteiger partial charge is 0.326 e. The van der Waals surface area contributed by atoms with Crippen molar-refractivity contribution in [1.82, 2.24) is 4.90 Å². The predicted octanol–water partition coefficient (Wildman–Crippen LogP) is 2.17. The fourth-order valence-corrected chi connectivity index (χ4v) is 1.34. The molecule has 1 rings (SSSR count). The molecule has 0 heterocycles. The SMILES string of the molecule is CN(CC(F)(F)F)C(=O)Nc1cccc(CN)c1. The molecule has 0 spiro atoms. The van der Waals surface area contributed by atoms with E-state index in [0.29, 0.717) is 17.1 Å². The summed E-state index contributed by atoms with van der Waals surface area (Å²) in [5.74, 6) is 0. The minimum Gasteiger partial charge on any atom is -0.326 e. The number of urea groups is 1. The first-order valence-electron chi connectivity index (χ1n) is 5.19. The molecule has 0 unspecified atom stereocenters. The number of carbonyl (C=O) groups excluding carboxylic acids is 1. The lowest BCUT2D eigenvalue weighted by Gasteiger charge is -2.19. The summed E-state index contributed by atoms with van der Waals surface area (Å²) in [5, 5.41) is 2.37. The molecule has 18 heavy (non-hydrogen) atoms. The van der Waals surface area contributed by atoms with Crippen LogP contribution in [-0.4, -0.2) is 30.7 Å². The highest BCUT2D eigenvalue weighted by molar-refractivity contribution is 5.89. The van der Waals surface area contributed by atoms with E-state index in [-0.39, 0.29) is 0 Å². The van der Waals surface area contributed by atoms with Gasteiger partial charge in [0.1, 0.15) is 6.54 Å². The maximum absolute atomic E-state index is 12.1. The van der Waals surface area contributed by atoms with Gasteiger partial charge in [-0.05, 0) is 17.7 Å². The van der Waals surface area contributed by atoms with Gasteiger partial charge in [-0.2, -0.15) is 13.2 Å². The van der Waals surface area contributed by atoms with Crippen LogP contribution < -0.4 is 11.1 Å². The molecule has 0 atom stereocenters. The Morgan fingerprint density at radius 3 is 2.67 bits per heavy atom. The van der Waals surface area contributed by atoms with Crippen molar-refractivity contribution < 1.29 is 18.0 Å². The largest absolute Gasteiger partial charge is 0.406 e. The molecule has 0 bridgehead atoms. The lowest BCUT2D eigenvalue weighted by molar-refractivity contribution is -0.137. The number of alkyl halides is 3. The van der Waals surface area contributed by atoms with E-state index >= 15 is 0 Å². The fourth-order valence-electron chi connectivity index (χ4n) is 1.34. The number of hydrogen-bond donors (Lipinski definition) is 2. The van der Waals surface area contributed by atoms with Crippen molar-refractivity contribution in [2.45, 2.75) is 12.7 Å². The number of anilines is 1. The number of nitrogens with one attached hydrogen (secondary N) is 1. The Labute approximate surface area is 103 Å². The van der Waals surface area contributed by atoms with Gasteiger partial charge in [-0.25, -0.2) is 4.79 Å². The molecule has 0 saturated heterocycles. The van der Waals surface area contributed by atoms with Crippen LogP contribution in [0.5, 0.6) is 0 Å². The summed E-state index contributed by atoms with van der Waals surface area (Å²) < 4.78 is 36.3. The highest BCUT2D eigenvalue weighted by Gasteiger charge is 2.31.